The molecular formula is C11H22BrNO2S. The van der Waals surface area contributed by atoms with E-state index in [2.05, 4.69) is 20.7 Å². The number of hydrogen-bond donors (Lipinski definition) is 1. The first-order valence-corrected chi connectivity index (χ1v) is 8.57. The van der Waals surface area contributed by atoms with Crippen LogP contribution in [0.4, 0.5) is 0 Å². The van der Waals surface area contributed by atoms with Gasteiger partial charge >= 0.3 is 0 Å². The molecule has 0 amide bonds. The first kappa shape index (κ1) is 14.5. The second-order valence-corrected chi connectivity index (χ2v) is 8.30. The monoisotopic (exact) mass is 311 g/mol. The molecule has 16 heavy (non-hydrogen) atoms. The van der Waals surface area contributed by atoms with Crippen LogP contribution in [0.25, 0.3) is 0 Å². The molecule has 0 saturated heterocycles. The predicted molar refractivity (Wildman–Crippen MR) is 71.3 cm³/mol. The van der Waals surface area contributed by atoms with Gasteiger partial charge in [0.1, 0.15) is 0 Å². The van der Waals surface area contributed by atoms with E-state index >= 15 is 0 Å². The molecule has 1 aliphatic rings. The number of nitrogens with one attached hydrogen (secondary N) is 1. The molecule has 1 N–H and O–H groups in total. The topological polar surface area (TPSA) is 46.2 Å². The standard InChI is InChI=1S/C11H22BrNO2S/c1-9(2)8-16(14,15)13-7-10-4-3-5-11(12)6-10/h9-11,13H,3-8H2,1-2H3. The van der Waals surface area contributed by atoms with Crippen molar-refractivity contribution in [3.05, 3.63) is 0 Å². The smallest absolute Gasteiger partial charge is 0.211 e. The zero-order chi connectivity index (χ0) is 12.2. The minimum absolute atomic E-state index is 0.188. The Labute approximate surface area is 108 Å². The molecule has 0 aromatic carbocycles. The Morgan fingerprint density at radius 2 is 2.06 bits per heavy atom. The van der Waals surface area contributed by atoms with Crippen molar-refractivity contribution in [3.8, 4) is 0 Å². The van der Waals surface area contributed by atoms with E-state index in [0.717, 1.165) is 12.8 Å². The van der Waals surface area contributed by atoms with E-state index in [0.29, 0.717) is 17.3 Å². The van der Waals surface area contributed by atoms with E-state index < -0.39 is 10.0 Å². The summed E-state index contributed by atoms with van der Waals surface area (Å²) < 4.78 is 26.0. The summed E-state index contributed by atoms with van der Waals surface area (Å²) >= 11 is 3.61. The molecule has 0 bridgehead atoms. The van der Waals surface area contributed by atoms with Crippen molar-refractivity contribution in [3.63, 3.8) is 0 Å². The van der Waals surface area contributed by atoms with E-state index in [-0.39, 0.29) is 11.7 Å². The highest BCUT2D eigenvalue weighted by molar-refractivity contribution is 9.09. The maximum absolute atomic E-state index is 11.6. The molecule has 5 heteroatoms. The lowest BCUT2D eigenvalue weighted by atomic mass is 9.89. The Morgan fingerprint density at radius 3 is 2.62 bits per heavy atom. The zero-order valence-electron chi connectivity index (χ0n) is 10.1. The van der Waals surface area contributed by atoms with Crippen LogP contribution in [0, 0.1) is 11.8 Å². The van der Waals surface area contributed by atoms with E-state index in [1.807, 2.05) is 13.8 Å². The lowest BCUT2D eigenvalue weighted by molar-refractivity contribution is 0.367. The van der Waals surface area contributed by atoms with Crippen LogP contribution in [0.5, 0.6) is 0 Å². The second kappa shape index (κ2) is 6.36. The maximum atomic E-state index is 11.6. The van der Waals surface area contributed by atoms with Gasteiger partial charge in [0.05, 0.1) is 5.75 Å². The minimum atomic E-state index is -3.06. The van der Waals surface area contributed by atoms with Crippen molar-refractivity contribution in [2.24, 2.45) is 11.8 Å². The van der Waals surface area contributed by atoms with Crippen LogP contribution in [0.15, 0.2) is 0 Å². The summed E-state index contributed by atoms with van der Waals surface area (Å²) in [4.78, 5) is 0.570. The molecule has 0 heterocycles. The summed E-state index contributed by atoms with van der Waals surface area (Å²) in [7, 11) is -3.06. The normalized spacial score (nSPS) is 27.2. The second-order valence-electron chi connectivity index (χ2n) is 5.15. The zero-order valence-corrected chi connectivity index (χ0v) is 12.5. The average molecular weight is 312 g/mol. The molecule has 2 atom stereocenters. The predicted octanol–water partition coefficient (Wildman–Crippen LogP) is 2.52. The highest BCUT2D eigenvalue weighted by atomic mass is 79.9. The Kier molecular flexibility index (Phi) is 5.74. The molecule has 0 aromatic heterocycles. The highest BCUT2D eigenvalue weighted by Crippen LogP contribution is 2.28. The summed E-state index contributed by atoms with van der Waals surface area (Å²) in [5.74, 6) is 0.921. The third-order valence-corrected chi connectivity index (χ3v) is 5.41. The molecule has 1 fully saturated rings. The minimum Gasteiger partial charge on any atom is -0.215 e. The Balaban J connectivity index is 2.33. The van der Waals surface area contributed by atoms with Gasteiger partial charge in [-0.15, -0.1) is 0 Å². The van der Waals surface area contributed by atoms with Crippen LogP contribution in [0.1, 0.15) is 39.5 Å². The first-order valence-electron chi connectivity index (χ1n) is 6.00. The Morgan fingerprint density at radius 1 is 1.38 bits per heavy atom. The van der Waals surface area contributed by atoms with Crippen LogP contribution in [0.2, 0.25) is 0 Å². The molecule has 3 nitrogen and oxygen atoms in total. The molecule has 2 unspecified atom stereocenters. The summed E-state index contributed by atoms with van der Waals surface area (Å²) in [6.07, 6.45) is 4.65. The summed E-state index contributed by atoms with van der Waals surface area (Å²) in [5.41, 5.74) is 0. The van der Waals surface area contributed by atoms with Gasteiger partial charge in [-0.1, -0.05) is 36.2 Å². The van der Waals surface area contributed by atoms with Gasteiger partial charge in [-0.2, -0.15) is 0 Å². The van der Waals surface area contributed by atoms with Gasteiger partial charge in [0.2, 0.25) is 10.0 Å². The van der Waals surface area contributed by atoms with E-state index in [1.165, 1.54) is 12.8 Å². The van der Waals surface area contributed by atoms with Crippen molar-refractivity contribution in [1.82, 2.24) is 4.72 Å². The van der Waals surface area contributed by atoms with E-state index in [1.54, 1.807) is 0 Å². The van der Waals surface area contributed by atoms with Gasteiger partial charge in [-0.3, -0.25) is 0 Å². The van der Waals surface area contributed by atoms with Crippen molar-refractivity contribution >= 4 is 26.0 Å². The van der Waals surface area contributed by atoms with E-state index in [4.69, 9.17) is 0 Å². The van der Waals surface area contributed by atoms with Gasteiger partial charge in [-0.05, 0) is 31.1 Å². The van der Waals surface area contributed by atoms with Crippen LogP contribution in [-0.2, 0) is 10.0 Å². The summed E-state index contributed by atoms with van der Waals surface area (Å²) in [6, 6.07) is 0. The number of alkyl halides is 1. The molecular weight excluding hydrogens is 290 g/mol. The van der Waals surface area contributed by atoms with Crippen LogP contribution in [0.3, 0.4) is 0 Å². The van der Waals surface area contributed by atoms with Crippen LogP contribution >= 0.6 is 15.9 Å². The summed E-state index contributed by atoms with van der Waals surface area (Å²) in [6.45, 7) is 4.46. The fourth-order valence-electron chi connectivity index (χ4n) is 2.15. The largest absolute Gasteiger partial charge is 0.215 e. The van der Waals surface area contributed by atoms with Crippen molar-refractivity contribution < 1.29 is 8.42 Å². The molecule has 96 valence electrons. The van der Waals surface area contributed by atoms with Crippen molar-refractivity contribution in [1.29, 1.82) is 0 Å². The quantitative estimate of drug-likeness (QED) is 0.793. The molecule has 0 aliphatic heterocycles. The number of hydrogen-bond acceptors (Lipinski definition) is 2. The molecule has 1 rings (SSSR count). The molecule has 1 aliphatic carbocycles. The molecule has 0 aromatic rings. The number of sulfonamides is 1. The fraction of sp³-hybridized carbons (Fsp3) is 1.00. The Hall–Kier alpha value is 0.390. The Bertz CT molecular complexity index is 303. The van der Waals surface area contributed by atoms with Crippen LogP contribution in [-0.4, -0.2) is 25.5 Å². The fourth-order valence-corrected chi connectivity index (χ4v) is 4.49. The van der Waals surface area contributed by atoms with E-state index in [9.17, 15) is 8.42 Å². The first-order chi connectivity index (χ1) is 7.39. The van der Waals surface area contributed by atoms with Crippen molar-refractivity contribution in [2.75, 3.05) is 12.3 Å². The van der Waals surface area contributed by atoms with Gasteiger partial charge in [0.25, 0.3) is 0 Å². The maximum Gasteiger partial charge on any atom is 0.211 e. The van der Waals surface area contributed by atoms with Crippen LogP contribution < -0.4 is 4.72 Å². The lowest BCUT2D eigenvalue weighted by Gasteiger charge is -2.25. The number of halogens is 1. The third kappa shape index (κ3) is 5.64. The molecule has 1 saturated carbocycles. The van der Waals surface area contributed by atoms with Gasteiger partial charge in [0.15, 0.2) is 0 Å². The van der Waals surface area contributed by atoms with Gasteiger partial charge < -0.3 is 0 Å². The summed E-state index contributed by atoms with van der Waals surface area (Å²) in [5, 5.41) is 0. The average Bonchev–Trinajstić information content (AvgIpc) is 2.13. The molecule has 0 spiro atoms. The van der Waals surface area contributed by atoms with Gasteiger partial charge in [0, 0.05) is 11.4 Å². The van der Waals surface area contributed by atoms with Gasteiger partial charge in [-0.25, -0.2) is 13.1 Å². The van der Waals surface area contributed by atoms with Crippen molar-refractivity contribution in [2.45, 2.75) is 44.4 Å². The highest BCUT2D eigenvalue weighted by Gasteiger charge is 2.21. The third-order valence-electron chi connectivity index (χ3n) is 2.86. The SMILES string of the molecule is CC(C)CS(=O)(=O)NCC1CCCC(Br)C1. The number of rotatable bonds is 5. The lowest BCUT2D eigenvalue weighted by Crippen LogP contribution is -2.34. The molecule has 0 radical (unpaired) electrons.